The van der Waals surface area contributed by atoms with E-state index in [4.69, 9.17) is 9.47 Å². The minimum absolute atomic E-state index is 0.143. The van der Waals surface area contributed by atoms with Crippen LogP contribution in [0.4, 0.5) is 0 Å². The molecular formula is C19H28O5. The SMILES string of the molecule is COC(=O)CCCCCCC(CC(=O)OC)c1ccc(OC)cc1. The molecule has 0 radical (unpaired) electrons. The Bertz CT molecular complexity index is 495. The number of ether oxygens (including phenoxy) is 3. The number of unbranched alkanes of at least 4 members (excludes halogenated alkanes) is 3. The number of esters is 2. The van der Waals surface area contributed by atoms with E-state index in [1.54, 1.807) is 7.11 Å². The monoisotopic (exact) mass is 336 g/mol. The van der Waals surface area contributed by atoms with Crippen LogP contribution in [0.2, 0.25) is 0 Å². The van der Waals surface area contributed by atoms with Gasteiger partial charge in [0.1, 0.15) is 5.75 Å². The molecule has 24 heavy (non-hydrogen) atoms. The van der Waals surface area contributed by atoms with E-state index in [0.717, 1.165) is 43.4 Å². The Hall–Kier alpha value is -2.04. The first-order chi connectivity index (χ1) is 11.6. The van der Waals surface area contributed by atoms with Crippen LogP contribution in [0, 0.1) is 0 Å². The molecule has 0 bridgehead atoms. The van der Waals surface area contributed by atoms with Gasteiger partial charge in [0, 0.05) is 6.42 Å². The van der Waals surface area contributed by atoms with E-state index in [9.17, 15) is 9.59 Å². The van der Waals surface area contributed by atoms with Gasteiger partial charge in [0.25, 0.3) is 0 Å². The lowest BCUT2D eigenvalue weighted by Crippen LogP contribution is -2.09. The molecule has 1 aromatic rings. The number of benzene rings is 1. The fraction of sp³-hybridized carbons (Fsp3) is 0.579. The minimum Gasteiger partial charge on any atom is -0.497 e. The molecule has 1 aromatic carbocycles. The van der Waals surface area contributed by atoms with Gasteiger partial charge >= 0.3 is 11.9 Å². The Morgan fingerprint density at radius 2 is 1.50 bits per heavy atom. The van der Waals surface area contributed by atoms with Gasteiger partial charge in [-0.15, -0.1) is 0 Å². The molecule has 1 atom stereocenters. The molecule has 5 heteroatoms. The van der Waals surface area contributed by atoms with Gasteiger partial charge in [-0.2, -0.15) is 0 Å². The average molecular weight is 336 g/mol. The van der Waals surface area contributed by atoms with E-state index in [1.165, 1.54) is 14.2 Å². The average Bonchev–Trinajstić information content (AvgIpc) is 2.63. The van der Waals surface area contributed by atoms with Crippen molar-refractivity contribution >= 4 is 11.9 Å². The standard InChI is InChI=1S/C19H28O5/c1-22-17-12-10-15(11-13-17)16(14-19(21)24-3)8-6-4-5-7-9-18(20)23-2/h10-13,16H,4-9,14H2,1-3H3. The first kappa shape index (κ1) is 20.0. The summed E-state index contributed by atoms with van der Waals surface area (Å²) in [5, 5.41) is 0. The van der Waals surface area contributed by atoms with Gasteiger partial charge in [-0.05, 0) is 36.5 Å². The molecule has 0 heterocycles. The first-order valence-electron chi connectivity index (χ1n) is 8.38. The van der Waals surface area contributed by atoms with Crippen LogP contribution in [-0.2, 0) is 19.1 Å². The maximum Gasteiger partial charge on any atom is 0.306 e. The molecule has 0 aliphatic rings. The molecular weight excluding hydrogens is 308 g/mol. The van der Waals surface area contributed by atoms with Gasteiger partial charge in [-0.25, -0.2) is 0 Å². The lowest BCUT2D eigenvalue weighted by atomic mass is 9.90. The van der Waals surface area contributed by atoms with Gasteiger partial charge in [0.2, 0.25) is 0 Å². The van der Waals surface area contributed by atoms with Crippen molar-refractivity contribution in [3.63, 3.8) is 0 Å². The summed E-state index contributed by atoms with van der Waals surface area (Å²) in [6.07, 6.45) is 5.64. The summed E-state index contributed by atoms with van der Waals surface area (Å²) in [6, 6.07) is 7.83. The van der Waals surface area contributed by atoms with Gasteiger partial charge in [-0.1, -0.05) is 31.4 Å². The van der Waals surface area contributed by atoms with Crippen LogP contribution in [0.25, 0.3) is 0 Å². The van der Waals surface area contributed by atoms with E-state index < -0.39 is 0 Å². The Morgan fingerprint density at radius 3 is 2.08 bits per heavy atom. The molecule has 1 rings (SSSR count). The van der Waals surface area contributed by atoms with Crippen molar-refractivity contribution in [3.05, 3.63) is 29.8 Å². The van der Waals surface area contributed by atoms with Gasteiger partial charge < -0.3 is 14.2 Å². The lowest BCUT2D eigenvalue weighted by molar-refractivity contribution is -0.141. The molecule has 5 nitrogen and oxygen atoms in total. The number of carbonyl (C=O) groups is 2. The molecule has 0 spiro atoms. The van der Waals surface area contributed by atoms with Crippen molar-refractivity contribution in [2.24, 2.45) is 0 Å². The Balaban J connectivity index is 2.47. The molecule has 1 unspecified atom stereocenters. The molecule has 0 amide bonds. The highest BCUT2D eigenvalue weighted by molar-refractivity contribution is 5.70. The summed E-state index contributed by atoms with van der Waals surface area (Å²) in [5.74, 6) is 0.598. The summed E-state index contributed by atoms with van der Waals surface area (Å²) >= 11 is 0. The maximum absolute atomic E-state index is 11.7. The zero-order chi connectivity index (χ0) is 17.8. The smallest absolute Gasteiger partial charge is 0.306 e. The number of methoxy groups -OCH3 is 3. The van der Waals surface area contributed by atoms with Gasteiger partial charge in [0.15, 0.2) is 0 Å². The second-order valence-corrected chi connectivity index (χ2v) is 5.78. The quantitative estimate of drug-likeness (QED) is 0.454. The molecule has 0 aromatic heterocycles. The topological polar surface area (TPSA) is 61.8 Å². The van der Waals surface area contributed by atoms with Gasteiger partial charge in [0.05, 0.1) is 27.8 Å². The summed E-state index contributed by atoms with van der Waals surface area (Å²) in [4.78, 5) is 22.7. The first-order valence-corrected chi connectivity index (χ1v) is 8.38. The molecule has 134 valence electrons. The largest absolute Gasteiger partial charge is 0.497 e. The van der Waals surface area contributed by atoms with Crippen LogP contribution >= 0.6 is 0 Å². The van der Waals surface area contributed by atoms with Crippen LogP contribution in [0.5, 0.6) is 5.75 Å². The third-order valence-electron chi connectivity index (χ3n) is 4.14. The fourth-order valence-corrected chi connectivity index (χ4v) is 2.66. The highest BCUT2D eigenvalue weighted by atomic mass is 16.5. The zero-order valence-corrected chi connectivity index (χ0v) is 14.9. The fourth-order valence-electron chi connectivity index (χ4n) is 2.66. The van der Waals surface area contributed by atoms with E-state index in [1.807, 2.05) is 24.3 Å². The molecule has 0 saturated carbocycles. The number of hydrogen-bond donors (Lipinski definition) is 0. The number of carbonyl (C=O) groups excluding carboxylic acids is 2. The normalized spacial score (nSPS) is 11.6. The second-order valence-electron chi connectivity index (χ2n) is 5.78. The van der Waals surface area contributed by atoms with Crippen molar-refractivity contribution in [3.8, 4) is 5.75 Å². The van der Waals surface area contributed by atoms with Crippen molar-refractivity contribution in [2.45, 2.75) is 50.9 Å². The minimum atomic E-state index is -0.193. The van der Waals surface area contributed by atoms with Crippen molar-refractivity contribution in [1.29, 1.82) is 0 Å². The van der Waals surface area contributed by atoms with Crippen LogP contribution < -0.4 is 4.74 Å². The third-order valence-corrected chi connectivity index (χ3v) is 4.14. The summed E-state index contributed by atoms with van der Waals surface area (Å²) in [6.45, 7) is 0. The Kier molecular flexibility index (Phi) is 9.58. The second kappa shape index (κ2) is 11.5. The van der Waals surface area contributed by atoms with Crippen molar-refractivity contribution in [2.75, 3.05) is 21.3 Å². The third kappa shape index (κ3) is 7.49. The van der Waals surface area contributed by atoms with Gasteiger partial charge in [-0.3, -0.25) is 9.59 Å². The van der Waals surface area contributed by atoms with E-state index in [-0.39, 0.29) is 17.9 Å². The summed E-state index contributed by atoms with van der Waals surface area (Å²) < 4.78 is 14.6. The van der Waals surface area contributed by atoms with Crippen molar-refractivity contribution < 1.29 is 23.8 Å². The zero-order valence-electron chi connectivity index (χ0n) is 14.9. The summed E-state index contributed by atoms with van der Waals surface area (Å²) in [5.41, 5.74) is 1.12. The van der Waals surface area contributed by atoms with E-state index >= 15 is 0 Å². The number of hydrogen-bond acceptors (Lipinski definition) is 5. The van der Waals surface area contributed by atoms with Crippen molar-refractivity contribution in [1.82, 2.24) is 0 Å². The molecule has 0 N–H and O–H groups in total. The maximum atomic E-state index is 11.7. The Labute approximate surface area is 144 Å². The van der Waals surface area contributed by atoms with E-state index in [0.29, 0.717) is 12.8 Å². The molecule has 0 aliphatic carbocycles. The van der Waals surface area contributed by atoms with Crippen LogP contribution in [0.1, 0.15) is 56.4 Å². The highest BCUT2D eigenvalue weighted by Crippen LogP contribution is 2.28. The van der Waals surface area contributed by atoms with E-state index in [2.05, 4.69) is 4.74 Å². The molecule has 0 aliphatic heterocycles. The van der Waals surface area contributed by atoms with Crippen LogP contribution in [0.15, 0.2) is 24.3 Å². The lowest BCUT2D eigenvalue weighted by Gasteiger charge is -2.16. The Morgan fingerprint density at radius 1 is 0.875 bits per heavy atom. The highest BCUT2D eigenvalue weighted by Gasteiger charge is 2.16. The van der Waals surface area contributed by atoms with Crippen LogP contribution in [0.3, 0.4) is 0 Å². The van der Waals surface area contributed by atoms with Crippen LogP contribution in [-0.4, -0.2) is 33.3 Å². The molecule has 0 saturated heterocycles. The molecule has 0 fully saturated rings. The predicted octanol–water partition coefficient (Wildman–Crippen LogP) is 3.86. The predicted molar refractivity (Wildman–Crippen MR) is 92.1 cm³/mol. The summed E-state index contributed by atoms with van der Waals surface area (Å²) in [7, 11) is 4.46. The number of rotatable bonds is 11.